The van der Waals surface area contributed by atoms with Crippen molar-refractivity contribution in [2.75, 3.05) is 0 Å². The van der Waals surface area contributed by atoms with Gasteiger partial charge in [-0.15, -0.1) is 0 Å². The molecule has 2 amide bonds. The molecular formula is C19H13BrFN5O3. The van der Waals surface area contributed by atoms with Gasteiger partial charge in [-0.2, -0.15) is 0 Å². The van der Waals surface area contributed by atoms with E-state index in [0.29, 0.717) is 26.8 Å². The SMILES string of the molecule is Cc1noc2nc(-c3ccc(F)cc3)cc(C(=O)NNC(=O)c3cc(Br)c[nH]3)c12. The van der Waals surface area contributed by atoms with E-state index in [4.69, 9.17) is 4.52 Å². The number of hydrazine groups is 1. The van der Waals surface area contributed by atoms with E-state index in [1.165, 1.54) is 18.2 Å². The first-order valence-electron chi connectivity index (χ1n) is 8.40. The molecule has 0 spiro atoms. The second-order valence-corrected chi connectivity index (χ2v) is 7.07. The average Bonchev–Trinajstić information content (AvgIpc) is 3.32. The molecule has 0 unspecified atom stereocenters. The van der Waals surface area contributed by atoms with Crippen LogP contribution in [-0.4, -0.2) is 26.9 Å². The topological polar surface area (TPSA) is 113 Å². The molecular weight excluding hydrogens is 445 g/mol. The third-order valence-electron chi connectivity index (χ3n) is 4.18. The van der Waals surface area contributed by atoms with E-state index in [1.54, 1.807) is 31.3 Å². The summed E-state index contributed by atoms with van der Waals surface area (Å²) in [6.45, 7) is 1.68. The van der Waals surface area contributed by atoms with Crippen LogP contribution in [-0.2, 0) is 0 Å². The molecule has 29 heavy (non-hydrogen) atoms. The van der Waals surface area contributed by atoms with Crippen LogP contribution in [0.2, 0.25) is 0 Å². The summed E-state index contributed by atoms with van der Waals surface area (Å²) in [5.74, 6) is -1.48. The van der Waals surface area contributed by atoms with Crippen LogP contribution in [0.25, 0.3) is 22.4 Å². The standard InChI is InChI=1S/C19H13BrFN5O3/c1-9-16-13(17(27)24-25-18(28)15-6-11(20)8-22-15)7-14(23-19(16)29-26-9)10-2-4-12(21)5-3-10/h2-8,22H,1H3,(H,24,27)(H,25,28). The summed E-state index contributed by atoms with van der Waals surface area (Å²) < 4.78 is 19.1. The smallest absolute Gasteiger partial charge is 0.286 e. The molecule has 8 nitrogen and oxygen atoms in total. The van der Waals surface area contributed by atoms with Gasteiger partial charge in [-0.3, -0.25) is 20.4 Å². The molecule has 0 saturated carbocycles. The van der Waals surface area contributed by atoms with Crippen molar-refractivity contribution in [1.82, 2.24) is 26.0 Å². The number of carbonyl (C=O) groups is 2. The van der Waals surface area contributed by atoms with Gasteiger partial charge in [0.05, 0.1) is 22.3 Å². The Balaban J connectivity index is 1.66. The summed E-state index contributed by atoms with van der Waals surface area (Å²) in [5.41, 5.74) is 6.82. The summed E-state index contributed by atoms with van der Waals surface area (Å²) >= 11 is 3.24. The summed E-state index contributed by atoms with van der Waals surface area (Å²) in [7, 11) is 0. The van der Waals surface area contributed by atoms with Gasteiger partial charge in [0, 0.05) is 16.2 Å². The Hall–Kier alpha value is -3.53. The zero-order valence-electron chi connectivity index (χ0n) is 14.9. The number of benzene rings is 1. The molecule has 0 bridgehead atoms. The van der Waals surface area contributed by atoms with Crippen LogP contribution in [0, 0.1) is 12.7 Å². The number of carbonyl (C=O) groups excluding carboxylic acids is 2. The van der Waals surface area contributed by atoms with Gasteiger partial charge in [0.2, 0.25) is 0 Å². The molecule has 10 heteroatoms. The lowest BCUT2D eigenvalue weighted by molar-refractivity contribution is 0.0845. The largest absolute Gasteiger partial charge is 0.356 e. The molecule has 3 aromatic heterocycles. The van der Waals surface area contributed by atoms with Crippen molar-refractivity contribution in [1.29, 1.82) is 0 Å². The third-order valence-corrected chi connectivity index (χ3v) is 4.64. The Morgan fingerprint density at radius 2 is 1.86 bits per heavy atom. The number of halogens is 2. The van der Waals surface area contributed by atoms with Crippen LogP contribution in [0.5, 0.6) is 0 Å². The Morgan fingerprint density at radius 3 is 2.55 bits per heavy atom. The molecule has 0 saturated heterocycles. The first-order chi connectivity index (χ1) is 13.9. The van der Waals surface area contributed by atoms with Crippen LogP contribution in [0.3, 0.4) is 0 Å². The number of aromatic nitrogens is 3. The Kier molecular flexibility index (Phi) is 4.85. The molecule has 0 fully saturated rings. The second kappa shape index (κ2) is 7.47. The van der Waals surface area contributed by atoms with Gasteiger partial charge in [0.15, 0.2) is 0 Å². The Bertz CT molecular complexity index is 1230. The van der Waals surface area contributed by atoms with E-state index in [0.717, 1.165) is 0 Å². The number of hydrogen-bond donors (Lipinski definition) is 3. The van der Waals surface area contributed by atoms with Gasteiger partial charge < -0.3 is 9.51 Å². The summed E-state index contributed by atoms with van der Waals surface area (Å²) in [6.07, 6.45) is 1.60. The Labute approximate surface area is 171 Å². The van der Waals surface area contributed by atoms with E-state index in [9.17, 15) is 14.0 Å². The highest BCUT2D eigenvalue weighted by Gasteiger charge is 2.20. The average molecular weight is 458 g/mol. The van der Waals surface area contributed by atoms with E-state index in [2.05, 4.69) is 41.9 Å². The molecule has 0 aliphatic rings. The lowest BCUT2D eigenvalue weighted by atomic mass is 10.1. The maximum absolute atomic E-state index is 13.2. The van der Waals surface area contributed by atoms with Gasteiger partial charge in [-0.05, 0) is 59.3 Å². The quantitative estimate of drug-likeness (QED) is 0.407. The fourth-order valence-corrected chi connectivity index (χ4v) is 3.13. The first-order valence-corrected chi connectivity index (χ1v) is 9.19. The van der Waals surface area contributed by atoms with E-state index in [1.807, 2.05) is 0 Å². The van der Waals surface area contributed by atoms with Crippen molar-refractivity contribution in [3.63, 3.8) is 0 Å². The number of aryl methyl sites for hydroxylation is 1. The number of aromatic amines is 1. The van der Waals surface area contributed by atoms with Crippen molar-refractivity contribution in [2.24, 2.45) is 0 Å². The molecule has 0 aliphatic heterocycles. The molecule has 1 aromatic carbocycles. The van der Waals surface area contributed by atoms with Crippen LogP contribution in [0.1, 0.15) is 26.5 Å². The van der Waals surface area contributed by atoms with E-state index >= 15 is 0 Å². The van der Waals surface area contributed by atoms with Crippen molar-refractivity contribution < 1.29 is 18.5 Å². The second-order valence-electron chi connectivity index (χ2n) is 6.15. The third kappa shape index (κ3) is 3.74. The number of hydrogen-bond acceptors (Lipinski definition) is 5. The van der Waals surface area contributed by atoms with Crippen LogP contribution >= 0.6 is 15.9 Å². The zero-order chi connectivity index (χ0) is 20.5. The predicted molar refractivity (Wildman–Crippen MR) is 105 cm³/mol. The number of nitrogens with zero attached hydrogens (tertiary/aromatic N) is 2. The van der Waals surface area contributed by atoms with Gasteiger partial charge in [-0.1, -0.05) is 5.16 Å². The molecule has 3 heterocycles. The minimum Gasteiger partial charge on any atom is -0.356 e. The zero-order valence-corrected chi connectivity index (χ0v) is 16.5. The molecule has 4 rings (SSSR count). The Morgan fingerprint density at radius 1 is 1.14 bits per heavy atom. The molecule has 3 N–H and O–H groups in total. The monoisotopic (exact) mass is 457 g/mol. The summed E-state index contributed by atoms with van der Waals surface area (Å²) in [6, 6.07) is 8.77. The molecule has 0 aliphatic carbocycles. The summed E-state index contributed by atoms with van der Waals surface area (Å²) in [4.78, 5) is 32.0. The number of amides is 2. The van der Waals surface area contributed by atoms with Crippen molar-refractivity contribution in [3.05, 3.63) is 69.8 Å². The molecule has 0 atom stereocenters. The molecule has 146 valence electrons. The maximum Gasteiger partial charge on any atom is 0.286 e. The fourth-order valence-electron chi connectivity index (χ4n) is 2.79. The minimum absolute atomic E-state index is 0.161. The number of nitrogens with one attached hydrogen (secondary N) is 3. The molecule has 4 aromatic rings. The van der Waals surface area contributed by atoms with Crippen LogP contribution in [0.15, 0.2) is 51.6 Å². The lowest BCUT2D eigenvalue weighted by Gasteiger charge is -2.09. The normalized spacial score (nSPS) is 10.9. The highest BCUT2D eigenvalue weighted by atomic mass is 79.9. The van der Waals surface area contributed by atoms with Crippen molar-refractivity contribution in [3.8, 4) is 11.3 Å². The fraction of sp³-hybridized carbons (Fsp3) is 0.0526. The minimum atomic E-state index is -0.578. The summed E-state index contributed by atoms with van der Waals surface area (Å²) in [5, 5.41) is 4.28. The van der Waals surface area contributed by atoms with Crippen LogP contribution in [0.4, 0.5) is 4.39 Å². The van der Waals surface area contributed by atoms with Gasteiger partial charge in [0.25, 0.3) is 17.5 Å². The number of rotatable bonds is 3. The maximum atomic E-state index is 13.2. The van der Waals surface area contributed by atoms with E-state index < -0.39 is 11.8 Å². The van der Waals surface area contributed by atoms with Crippen LogP contribution < -0.4 is 10.9 Å². The van der Waals surface area contributed by atoms with E-state index in [-0.39, 0.29) is 22.8 Å². The van der Waals surface area contributed by atoms with Gasteiger partial charge >= 0.3 is 0 Å². The van der Waals surface area contributed by atoms with Gasteiger partial charge in [-0.25, -0.2) is 9.37 Å². The first kappa shape index (κ1) is 18.8. The van der Waals surface area contributed by atoms with Crippen molar-refractivity contribution in [2.45, 2.75) is 6.92 Å². The number of H-pyrrole nitrogens is 1. The predicted octanol–water partition coefficient (Wildman–Crippen LogP) is 3.50. The van der Waals surface area contributed by atoms with Crippen molar-refractivity contribution >= 4 is 38.8 Å². The lowest BCUT2D eigenvalue weighted by Crippen LogP contribution is -2.41. The highest BCUT2D eigenvalue weighted by Crippen LogP contribution is 2.27. The molecule has 0 radical (unpaired) electrons. The number of pyridine rings is 1. The number of fused-ring (bicyclic) bond motifs is 1. The van der Waals surface area contributed by atoms with Gasteiger partial charge in [0.1, 0.15) is 11.5 Å². The highest BCUT2D eigenvalue weighted by molar-refractivity contribution is 9.10.